The number of hydrogen-bond donors (Lipinski definition) is 2. The molecule has 8 heteroatoms. The van der Waals surface area contributed by atoms with E-state index in [1.54, 1.807) is 0 Å². The van der Waals surface area contributed by atoms with E-state index in [1.807, 2.05) is 5.10 Å². The van der Waals surface area contributed by atoms with Gasteiger partial charge < -0.3 is 5.32 Å². The van der Waals surface area contributed by atoms with E-state index in [0.29, 0.717) is 0 Å². The monoisotopic (exact) mass is 241 g/mol. The van der Waals surface area contributed by atoms with E-state index in [9.17, 15) is 18.0 Å². The maximum absolute atomic E-state index is 11.8. The van der Waals surface area contributed by atoms with Crippen LogP contribution < -0.4 is 10.9 Å². The van der Waals surface area contributed by atoms with Crippen LogP contribution in [0.2, 0.25) is 5.02 Å². The second-order valence-electron chi connectivity index (χ2n) is 2.72. The van der Waals surface area contributed by atoms with Crippen LogP contribution >= 0.6 is 11.6 Å². The summed E-state index contributed by atoms with van der Waals surface area (Å²) in [5, 5.41) is 7.62. The van der Waals surface area contributed by atoms with E-state index < -0.39 is 18.2 Å². The Morgan fingerprint density at radius 3 is 2.80 bits per heavy atom. The quantitative estimate of drug-likeness (QED) is 0.848. The zero-order valence-electron chi connectivity index (χ0n) is 7.36. The smallest absolute Gasteiger partial charge is 0.382 e. The molecular weight excluding hydrogens is 235 g/mol. The largest absolute Gasteiger partial charge is 0.390 e. The topological polar surface area (TPSA) is 57.8 Å². The normalized spacial score (nSPS) is 11.5. The van der Waals surface area contributed by atoms with Crippen LogP contribution in [0, 0.1) is 0 Å². The van der Waals surface area contributed by atoms with E-state index in [1.165, 1.54) is 0 Å². The van der Waals surface area contributed by atoms with E-state index >= 15 is 0 Å². The van der Waals surface area contributed by atoms with E-state index in [4.69, 9.17) is 11.6 Å². The Morgan fingerprint density at radius 1 is 1.53 bits per heavy atom. The molecule has 0 saturated heterocycles. The maximum Gasteiger partial charge on any atom is 0.390 e. The Bertz CT molecular complexity index is 390. The van der Waals surface area contributed by atoms with Gasteiger partial charge in [-0.25, -0.2) is 5.10 Å². The summed E-state index contributed by atoms with van der Waals surface area (Å²) in [4.78, 5) is 10.9. The van der Waals surface area contributed by atoms with Crippen molar-refractivity contribution in [3.8, 4) is 0 Å². The molecule has 0 unspecified atom stereocenters. The fraction of sp³-hybridized carbons (Fsp3) is 0.429. The van der Waals surface area contributed by atoms with E-state index in [-0.39, 0.29) is 17.3 Å². The van der Waals surface area contributed by atoms with Crippen LogP contribution in [0.15, 0.2) is 11.0 Å². The van der Waals surface area contributed by atoms with Crippen LogP contribution in [-0.4, -0.2) is 22.9 Å². The molecule has 0 spiro atoms. The molecule has 0 aromatic carbocycles. The Hall–Kier alpha value is -1.24. The van der Waals surface area contributed by atoms with Gasteiger partial charge in [0.1, 0.15) is 5.02 Å². The predicted molar refractivity (Wildman–Crippen MR) is 49.0 cm³/mol. The van der Waals surface area contributed by atoms with Gasteiger partial charge in [0.15, 0.2) is 0 Å². The fourth-order valence-corrected chi connectivity index (χ4v) is 1.00. The lowest BCUT2D eigenvalue weighted by Gasteiger charge is -2.08. The average molecular weight is 242 g/mol. The number of alkyl halides is 3. The molecule has 0 amide bonds. The van der Waals surface area contributed by atoms with Crippen LogP contribution in [0.3, 0.4) is 0 Å². The zero-order valence-corrected chi connectivity index (χ0v) is 8.11. The van der Waals surface area contributed by atoms with Crippen molar-refractivity contribution < 1.29 is 13.2 Å². The van der Waals surface area contributed by atoms with Crippen LogP contribution in [0.4, 0.5) is 18.9 Å². The van der Waals surface area contributed by atoms with E-state index in [2.05, 4.69) is 10.4 Å². The lowest BCUT2D eigenvalue weighted by atomic mass is 10.4. The summed E-state index contributed by atoms with van der Waals surface area (Å²) >= 11 is 5.52. The highest BCUT2D eigenvalue weighted by atomic mass is 35.5. The number of halogens is 4. The van der Waals surface area contributed by atoms with Crippen LogP contribution in [0.1, 0.15) is 6.42 Å². The molecule has 0 aliphatic carbocycles. The van der Waals surface area contributed by atoms with Crippen LogP contribution in [0.5, 0.6) is 0 Å². The molecule has 84 valence electrons. The van der Waals surface area contributed by atoms with Gasteiger partial charge in [0, 0.05) is 6.54 Å². The summed E-state index contributed by atoms with van der Waals surface area (Å²) < 4.78 is 35.3. The second kappa shape index (κ2) is 4.52. The van der Waals surface area contributed by atoms with Gasteiger partial charge in [-0.15, -0.1) is 0 Å². The van der Waals surface area contributed by atoms with Crippen molar-refractivity contribution in [1.82, 2.24) is 10.2 Å². The highest BCUT2D eigenvalue weighted by Crippen LogP contribution is 2.20. The Morgan fingerprint density at radius 2 is 2.20 bits per heavy atom. The van der Waals surface area contributed by atoms with Crippen molar-refractivity contribution >= 4 is 17.3 Å². The summed E-state index contributed by atoms with van der Waals surface area (Å²) in [6.07, 6.45) is -4.09. The number of aromatic nitrogens is 2. The van der Waals surface area contributed by atoms with Crippen LogP contribution in [0.25, 0.3) is 0 Å². The highest BCUT2D eigenvalue weighted by molar-refractivity contribution is 6.32. The van der Waals surface area contributed by atoms with E-state index in [0.717, 1.165) is 6.20 Å². The third-order valence-electron chi connectivity index (χ3n) is 1.52. The summed E-state index contributed by atoms with van der Waals surface area (Å²) in [6.45, 7) is -0.353. The highest BCUT2D eigenvalue weighted by Gasteiger charge is 2.26. The standard InChI is InChI=1S/C7H7ClF3N3O/c8-5-4(3-13-14-6(5)15)12-2-1-7(9,10)11/h3H,1-2H2,(H2,12,14,15). The molecule has 0 atom stereocenters. The molecule has 1 aromatic heterocycles. The molecule has 1 rings (SSSR count). The molecule has 0 aliphatic rings. The SMILES string of the molecule is O=c1[nH]ncc(NCCC(F)(F)F)c1Cl. The first kappa shape index (κ1) is 11.8. The number of rotatable bonds is 3. The van der Waals surface area contributed by atoms with Crippen molar-refractivity contribution in [2.24, 2.45) is 0 Å². The van der Waals surface area contributed by atoms with Gasteiger partial charge in [0.2, 0.25) is 0 Å². The molecule has 4 nitrogen and oxygen atoms in total. The van der Waals surface area contributed by atoms with Gasteiger partial charge in [-0.1, -0.05) is 11.6 Å². The third kappa shape index (κ3) is 3.78. The van der Waals surface area contributed by atoms with Gasteiger partial charge in [-0.2, -0.15) is 18.3 Å². The van der Waals surface area contributed by atoms with Crippen molar-refractivity contribution in [2.45, 2.75) is 12.6 Å². The molecule has 2 N–H and O–H groups in total. The summed E-state index contributed by atoms with van der Waals surface area (Å²) in [5.74, 6) is 0. The Labute approximate surface area is 87.4 Å². The number of aromatic amines is 1. The van der Waals surface area contributed by atoms with Crippen molar-refractivity contribution in [1.29, 1.82) is 0 Å². The molecule has 0 aliphatic heterocycles. The first-order valence-electron chi connectivity index (χ1n) is 3.94. The molecule has 1 heterocycles. The molecule has 0 saturated carbocycles. The van der Waals surface area contributed by atoms with Gasteiger partial charge in [-0.3, -0.25) is 4.79 Å². The first-order valence-corrected chi connectivity index (χ1v) is 4.32. The molecule has 0 radical (unpaired) electrons. The number of nitrogens with one attached hydrogen (secondary N) is 2. The Kier molecular flexibility index (Phi) is 3.57. The van der Waals surface area contributed by atoms with Crippen molar-refractivity contribution in [2.75, 3.05) is 11.9 Å². The fourth-order valence-electron chi connectivity index (χ4n) is 0.846. The van der Waals surface area contributed by atoms with Gasteiger partial charge in [0.05, 0.1) is 18.3 Å². The van der Waals surface area contributed by atoms with Crippen molar-refractivity contribution in [3.63, 3.8) is 0 Å². The van der Waals surface area contributed by atoms with Crippen LogP contribution in [-0.2, 0) is 0 Å². The lowest BCUT2D eigenvalue weighted by Crippen LogP contribution is -2.17. The first-order chi connectivity index (χ1) is 6.90. The van der Waals surface area contributed by atoms with Gasteiger partial charge >= 0.3 is 6.18 Å². The number of anilines is 1. The lowest BCUT2D eigenvalue weighted by molar-refractivity contribution is -0.131. The molecule has 15 heavy (non-hydrogen) atoms. The second-order valence-corrected chi connectivity index (χ2v) is 3.10. The maximum atomic E-state index is 11.8. The molecule has 1 aromatic rings. The Balaban J connectivity index is 2.59. The minimum Gasteiger partial charge on any atom is -0.382 e. The summed E-state index contributed by atoms with van der Waals surface area (Å²) in [5.41, 5.74) is -0.557. The zero-order chi connectivity index (χ0) is 11.5. The minimum atomic E-state index is -4.24. The molecule has 0 fully saturated rings. The number of H-pyrrole nitrogens is 1. The van der Waals surface area contributed by atoms with Gasteiger partial charge in [0.25, 0.3) is 5.56 Å². The van der Waals surface area contributed by atoms with Crippen molar-refractivity contribution in [3.05, 3.63) is 21.6 Å². The number of hydrogen-bond acceptors (Lipinski definition) is 3. The predicted octanol–water partition coefficient (Wildman–Crippen LogP) is 1.79. The number of nitrogens with zero attached hydrogens (tertiary/aromatic N) is 1. The minimum absolute atomic E-state index is 0.0877. The molecular formula is C7H7ClF3N3O. The molecule has 0 bridgehead atoms. The van der Waals surface area contributed by atoms with Gasteiger partial charge in [-0.05, 0) is 0 Å². The summed E-state index contributed by atoms with van der Waals surface area (Å²) in [7, 11) is 0. The summed E-state index contributed by atoms with van der Waals surface area (Å²) in [6, 6.07) is 0. The average Bonchev–Trinajstić information content (AvgIpc) is 2.10. The third-order valence-corrected chi connectivity index (χ3v) is 1.89.